The number of amides is 2. The van der Waals surface area contributed by atoms with Gasteiger partial charge in [0.05, 0.1) is 5.69 Å². The zero-order chi connectivity index (χ0) is 13.8. The number of benzene rings is 1. The van der Waals surface area contributed by atoms with Crippen LogP contribution in [-0.2, 0) is 9.59 Å². The van der Waals surface area contributed by atoms with Crippen LogP contribution in [0, 0.1) is 11.6 Å². The number of anilines is 1. The first-order chi connectivity index (χ1) is 9.08. The summed E-state index contributed by atoms with van der Waals surface area (Å²) < 4.78 is 26.3. The van der Waals surface area contributed by atoms with Crippen LogP contribution < -0.4 is 10.6 Å². The number of rotatable bonds is 1. The van der Waals surface area contributed by atoms with Gasteiger partial charge in [0.25, 0.3) is 0 Å². The molecule has 0 bridgehead atoms. The topological polar surface area (TPSA) is 61.4 Å². The van der Waals surface area contributed by atoms with Crippen molar-refractivity contribution in [2.24, 2.45) is 0 Å². The molecular formula is C12H13F2N3O2. The van der Waals surface area contributed by atoms with E-state index in [1.165, 1.54) is 4.90 Å². The molecule has 2 N–H and O–H groups in total. The monoisotopic (exact) mass is 269 g/mol. The van der Waals surface area contributed by atoms with Gasteiger partial charge < -0.3 is 15.5 Å². The average molecular weight is 269 g/mol. The molecule has 0 atom stereocenters. The minimum absolute atomic E-state index is 0.339. The molecule has 1 aromatic rings. The predicted octanol–water partition coefficient (Wildman–Crippen LogP) is 0.335. The van der Waals surface area contributed by atoms with Crippen molar-refractivity contribution in [1.29, 1.82) is 0 Å². The van der Waals surface area contributed by atoms with Crippen LogP contribution in [0.5, 0.6) is 0 Å². The van der Waals surface area contributed by atoms with Crippen LogP contribution in [-0.4, -0.2) is 42.9 Å². The minimum atomic E-state index is -0.966. The van der Waals surface area contributed by atoms with Crippen LogP contribution in [0.2, 0.25) is 0 Å². The summed E-state index contributed by atoms with van der Waals surface area (Å²) in [7, 11) is 0. The molecule has 1 aliphatic rings. The van der Waals surface area contributed by atoms with Crippen molar-refractivity contribution in [3.8, 4) is 0 Å². The van der Waals surface area contributed by atoms with Gasteiger partial charge in [-0.25, -0.2) is 8.78 Å². The zero-order valence-electron chi connectivity index (χ0n) is 10.1. The zero-order valence-corrected chi connectivity index (χ0v) is 10.1. The Labute approximate surface area is 108 Å². The third kappa shape index (κ3) is 3.25. The molecule has 19 heavy (non-hydrogen) atoms. The first-order valence-corrected chi connectivity index (χ1v) is 5.84. The van der Waals surface area contributed by atoms with Crippen molar-refractivity contribution in [3.05, 3.63) is 29.8 Å². The minimum Gasteiger partial charge on any atom is -0.332 e. The maximum atomic E-state index is 13.3. The Morgan fingerprint density at radius 2 is 1.89 bits per heavy atom. The van der Waals surface area contributed by atoms with Crippen molar-refractivity contribution in [2.45, 2.75) is 0 Å². The maximum absolute atomic E-state index is 13.3. The SMILES string of the molecule is O=C(Nc1cc(F)ccc1F)C(=O)N1CCNCC1. The summed E-state index contributed by atoms with van der Waals surface area (Å²) in [4.78, 5) is 24.8. The molecule has 1 saturated heterocycles. The molecule has 1 aliphatic heterocycles. The van der Waals surface area contributed by atoms with E-state index in [0.717, 1.165) is 18.2 Å². The van der Waals surface area contributed by atoms with Crippen LogP contribution in [0.4, 0.5) is 14.5 Å². The van der Waals surface area contributed by atoms with Gasteiger partial charge >= 0.3 is 11.8 Å². The Hall–Kier alpha value is -2.02. The number of carbonyl (C=O) groups excluding carboxylic acids is 2. The van der Waals surface area contributed by atoms with Gasteiger partial charge in [-0.2, -0.15) is 0 Å². The largest absolute Gasteiger partial charge is 0.332 e. The lowest BCUT2D eigenvalue weighted by molar-refractivity contribution is -0.143. The van der Waals surface area contributed by atoms with E-state index in [1.807, 2.05) is 0 Å². The van der Waals surface area contributed by atoms with Gasteiger partial charge in [0.1, 0.15) is 11.6 Å². The van der Waals surface area contributed by atoms with Gasteiger partial charge in [-0.15, -0.1) is 0 Å². The summed E-state index contributed by atoms with van der Waals surface area (Å²) in [6.45, 7) is 2.04. The highest BCUT2D eigenvalue weighted by Crippen LogP contribution is 2.15. The number of nitrogens with zero attached hydrogens (tertiary/aromatic N) is 1. The first-order valence-electron chi connectivity index (χ1n) is 5.84. The number of hydrogen-bond donors (Lipinski definition) is 2. The molecule has 0 spiro atoms. The van der Waals surface area contributed by atoms with Crippen molar-refractivity contribution < 1.29 is 18.4 Å². The molecule has 0 unspecified atom stereocenters. The van der Waals surface area contributed by atoms with Crippen LogP contribution in [0.3, 0.4) is 0 Å². The molecule has 0 aromatic heterocycles. The molecule has 1 fully saturated rings. The van der Waals surface area contributed by atoms with E-state index in [-0.39, 0.29) is 5.69 Å². The molecular weight excluding hydrogens is 256 g/mol. The Balaban J connectivity index is 2.03. The Bertz CT molecular complexity index is 502. The van der Waals surface area contributed by atoms with E-state index in [1.54, 1.807) is 0 Å². The summed E-state index contributed by atoms with van der Waals surface area (Å²) in [6, 6.07) is 2.65. The summed E-state index contributed by atoms with van der Waals surface area (Å²) in [6.07, 6.45) is 0. The molecule has 0 saturated carbocycles. The van der Waals surface area contributed by atoms with Gasteiger partial charge in [0.15, 0.2) is 0 Å². The van der Waals surface area contributed by atoms with E-state index in [0.29, 0.717) is 26.2 Å². The van der Waals surface area contributed by atoms with E-state index in [2.05, 4.69) is 10.6 Å². The summed E-state index contributed by atoms with van der Waals surface area (Å²) in [5.41, 5.74) is -0.339. The Kier molecular flexibility index (Phi) is 4.06. The van der Waals surface area contributed by atoms with Crippen molar-refractivity contribution in [2.75, 3.05) is 31.5 Å². The number of hydrogen-bond acceptors (Lipinski definition) is 3. The second-order valence-corrected chi connectivity index (χ2v) is 4.12. The van der Waals surface area contributed by atoms with Gasteiger partial charge in [0, 0.05) is 32.2 Å². The van der Waals surface area contributed by atoms with E-state index in [4.69, 9.17) is 0 Å². The molecule has 0 radical (unpaired) electrons. The predicted molar refractivity (Wildman–Crippen MR) is 64.4 cm³/mol. The Morgan fingerprint density at radius 3 is 2.58 bits per heavy atom. The highest BCUT2D eigenvalue weighted by atomic mass is 19.1. The molecule has 5 nitrogen and oxygen atoms in total. The van der Waals surface area contributed by atoms with Crippen LogP contribution >= 0.6 is 0 Å². The normalized spacial score (nSPS) is 15.2. The summed E-state index contributed by atoms with van der Waals surface area (Å²) in [5, 5.41) is 5.12. The standard InChI is InChI=1S/C12H13F2N3O2/c13-8-1-2-9(14)10(7-8)16-11(18)12(19)17-5-3-15-4-6-17/h1-2,7,15H,3-6H2,(H,16,18). The Morgan fingerprint density at radius 1 is 1.21 bits per heavy atom. The lowest BCUT2D eigenvalue weighted by Crippen LogP contribution is -2.49. The fraction of sp³-hybridized carbons (Fsp3) is 0.333. The van der Waals surface area contributed by atoms with Crippen molar-refractivity contribution in [1.82, 2.24) is 10.2 Å². The summed E-state index contributed by atoms with van der Waals surface area (Å²) in [5.74, 6) is -3.19. The molecule has 0 aliphatic carbocycles. The molecule has 2 amide bonds. The fourth-order valence-corrected chi connectivity index (χ4v) is 1.78. The van der Waals surface area contributed by atoms with Gasteiger partial charge in [0.2, 0.25) is 0 Å². The van der Waals surface area contributed by atoms with Gasteiger partial charge in [-0.3, -0.25) is 9.59 Å². The average Bonchev–Trinajstić information content (AvgIpc) is 2.43. The first kappa shape index (κ1) is 13.4. The molecule has 1 aromatic carbocycles. The number of carbonyl (C=O) groups is 2. The quantitative estimate of drug-likeness (QED) is 0.723. The van der Waals surface area contributed by atoms with Crippen molar-refractivity contribution in [3.63, 3.8) is 0 Å². The second kappa shape index (κ2) is 5.75. The van der Waals surface area contributed by atoms with Crippen LogP contribution in [0.15, 0.2) is 18.2 Å². The van der Waals surface area contributed by atoms with Crippen LogP contribution in [0.25, 0.3) is 0 Å². The molecule has 7 heteroatoms. The lowest BCUT2D eigenvalue weighted by atomic mass is 10.3. The second-order valence-electron chi connectivity index (χ2n) is 4.12. The van der Waals surface area contributed by atoms with Gasteiger partial charge in [-0.05, 0) is 12.1 Å². The van der Waals surface area contributed by atoms with Crippen molar-refractivity contribution >= 4 is 17.5 Å². The lowest BCUT2D eigenvalue weighted by Gasteiger charge is -2.26. The molecule has 102 valence electrons. The third-order valence-corrected chi connectivity index (χ3v) is 2.78. The van der Waals surface area contributed by atoms with E-state index >= 15 is 0 Å². The molecule has 1 heterocycles. The maximum Gasteiger partial charge on any atom is 0.313 e. The van der Waals surface area contributed by atoms with E-state index < -0.39 is 23.4 Å². The fourth-order valence-electron chi connectivity index (χ4n) is 1.78. The number of piperazine rings is 1. The third-order valence-electron chi connectivity index (χ3n) is 2.78. The molecule has 2 rings (SSSR count). The number of halogens is 2. The smallest absolute Gasteiger partial charge is 0.313 e. The van der Waals surface area contributed by atoms with Crippen LogP contribution in [0.1, 0.15) is 0 Å². The highest BCUT2D eigenvalue weighted by Gasteiger charge is 2.23. The van der Waals surface area contributed by atoms with Gasteiger partial charge in [-0.1, -0.05) is 0 Å². The number of nitrogens with one attached hydrogen (secondary N) is 2. The summed E-state index contributed by atoms with van der Waals surface area (Å²) >= 11 is 0. The highest BCUT2D eigenvalue weighted by molar-refractivity contribution is 6.39. The van der Waals surface area contributed by atoms with E-state index in [9.17, 15) is 18.4 Å².